The maximum atomic E-state index is 4.24. The van der Waals surface area contributed by atoms with Crippen LogP contribution in [0.2, 0.25) is 0 Å². The quantitative estimate of drug-likeness (QED) is 0.629. The third kappa shape index (κ3) is 0.836. The monoisotopic (exact) mass is 183 g/mol. The lowest BCUT2D eigenvalue weighted by molar-refractivity contribution is 1.07. The molecule has 2 N–H and O–H groups in total. The first-order valence-electron chi connectivity index (χ1n) is 4.46. The molecule has 1 aliphatic rings. The fourth-order valence-electron chi connectivity index (χ4n) is 1.71. The van der Waals surface area contributed by atoms with Crippen LogP contribution in [0, 0.1) is 0 Å². The van der Waals surface area contributed by atoms with Crippen molar-refractivity contribution in [3.8, 4) is 11.3 Å². The first kappa shape index (κ1) is 7.38. The molecule has 14 heavy (non-hydrogen) atoms. The average Bonchev–Trinajstić information content (AvgIpc) is 2.61. The summed E-state index contributed by atoms with van der Waals surface area (Å²) in [6.07, 6.45) is 1.93. The minimum absolute atomic E-state index is 0.849. The van der Waals surface area contributed by atoms with E-state index in [1.807, 2.05) is 24.4 Å². The van der Waals surface area contributed by atoms with Gasteiger partial charge in [0.15, 0.2) is 0 Å². The Morgan fingerprint density at radius 2 is 2.07 bits per heavy atom. The first-order valence-corrected chi connectivity index (χ1v) is 4.46. The van der Waals surface area contributed by atoms with Gasteiger partial charge in [0.1, 0.15) is 5.69 Å². The Labute approximate surface area is 80.8 Å². The molecule has 0 bridgehead atoms. The average molecular weight is 183 g/mol. The SMILES string of the molecule is C=c1[nH]nc2c1=CNc1ccccc1-2. The molecule has 3 heteroatoms. The van der Waals surface area contributed by atoms with Gasteiger partial charge in [-0.15, -0.1) is 0 Å². The Bertz CT molecular complexity index is 595. The Morgan fingerprint density at radius 1 is 1.21 bits per heavy atom. The zero-order chi connectivity index (χ0) is 9.54. The standard InChI is InChI=1S/C11H9N3/c1-7-9-6-12-10-5-3-2-4-8(10)11(9)14-13-7/h2-6,12-13H,1H2. The first-order chi connectivity index (χ1) is 6.86. The van der Waals surface area contributed by atoms with E-state index in [4.69, 9.17) is 0 Å². The largest absolute Gasteiger partial charge is 0.360 e. The van der Waals surface area contributed by atoms with Gasteiger partial charge >= 0.3 is 0 Å². The third-order valence-corrected chi connectivity index (χ3v) is 2.44. The van der Waals surface area contributed by atoms with Crippen LogP contribution < -0.4 is 15.9 Å². The van der Waals surface area contributed by atoms with Crippen LogP contribution in [0.5, 0.6) is 0 Å². The van der Waals surface area contributed by atoms with Gasteiger partial charge in [0.25, 0.3) is 0 Å². The minimum atomic E-state index is 0.849. The van der Waals surface area contributed by atoms with Crippen LogP contribution in [-0.4, -0.2) is 10.2 Å². The van der Waals surface area contributed by atoms with E-state index in [2.05, 4.69) is 28.2 Å². The van der Waals surface area contributed by atoms with Gasteiger partial charge in [-0.25, -0.2) is 0 Å². The van der Waals surface area contributed by atoms with Crippen LogP contribution in [0.25, 0.3) is 24.0 Å². The van der Waals surface area contributed by atoms with E-state index in [0.29, 0.717) is 0 Å². The lowest BCUT2D eigenvalue weighted by Gasteiger charge is -2.10. The molecule has 3 nitrogen and oxygen atoms in total. The maximum Gasteiger partial charge on any atom is 0.103 e. The molecule has 0 spiro atoms. The van der Waals surface area contributed by atoms with Gasteiger partial charge in [0.05, 0.1) is 5.35 Å². The van der Waals surface area contributed by atoms with Crippen LogP contribution in [0.1, 0.15) is 0 Å². The van der Waals surface area contributed by atoms with Gasteiger partial charge in [-0.3, -0.25) is 5.10 Å². The second kappa shape index (κ2) is 2.48. The summed E-state index contributed by atoms with van der Waals surface area (Å²) < 4.78 is 0. The topological polar surface area (TPSA) is 40.7 Å². The molecule has 3 rings (SSSR count). The third-order valence-electron chi connectivity index (χ3n) is 2.44. The summed E-state index contributed by atoms with van der Waals surface area (Å²) in [6, 6.07) is 8.09. The van der Waals surface area contributed by atoms with E-state index >= 15 is 0 Å². The minimum Gasteiger partial charge on any atom is -0.360 e. The highest BCUT2D eigenvalue weighted by Gasteiger charge is 2.12. The Hall–Kier alpha value is -2.03. The number of fused-ring (bicyclic) bond motifs is 3. The number of aromatic nitrogens is 2. The summed E-state index contributed by atoms with van der Waals surface area (Å²) in [5.41, 5.74) is 3.19. The van der Waals surface area contributed by atoms with Gasteiger partial charge in [0, 0.05) is 22.7 Å². The highest BCUT2D eigenvalue weighted by atomic mass is 15.1. The van der Waals surface area contributed by atoms with Crippen molar-refractivity contribution in [2.24, 2.45) is 0 Å². The predicted octanol–water partition coefficient (Wildman–Crippen LogP) is 0.650. The van der Waals surface area contributed by atoms with E-state index in [1.165, 1.54) is 0 Å². The molecule has 0 fully saturated rings. The van der Waals surface area contributed by atoms with E-state index in [9.17, 15) is 0 Å². The van der Waals surface area contributed by atoms with Crippen molar-refractivity contribution in [2.45, 2.75) is 0 Å². The molecule has 1 aromatic heterocycles. The van der Waals surface area contributed by atoms with E-state index < -0.39 is 0 Å². The molecule has 1 aromatic carbocycles. The van der Waals surface area contributed by atoms with Gasteiger partial charge in [-0.1, -0.05) is 24.8 Å². The van der Waals surface area contributed by atoms with Crippen LogP contribution >= 0.6 is 0 Å². The van der Waals surface area contributed by atoms with Crippen molar-refractivity contribution in [2.75, 3.05) is 5.32 Å². The number of rotatable bonds is 0. The van der Waals surface area contributed by atoms with Gasteiger partial charge in [0.2, 0.25) is 0 Å². The van der Waals surface area contributed by atoms with Gasteiger partial charge in [-0.05, 0) is 6.07 Å². The molecule has 0 saturated heterocycles. The number of nitrogens with one attached hydrogen (secondary N) is 2. The number of para-hydroxylation sites is 1. The molecule has 2 aromatic rings. The Morgan fingerprint density at radius 3 is 3.00 bits per heavy atom. The second-order valence-electron chi connectivity index (χ2n) is 3.30. The highest BCUT2D eigenvalue weighted by molar-refractivity contribution is 5.82. The molecule has 0 saturated carbocycles. The number of anilines is 1. The summed E-state index contributed by atoms with van der Waals surface area (Å²) in [6.45, 7) is 3.88. The summed E-state index contributed by atoms with van der Waals surface area (Å²) in [4.78, 5) is 0. The van der Waals surface area contributed by atoms with Crippen molar-refractivity contribution in [1.29, 1.82) is 0 Å². The molecule has 68 valence electrons. The molecule has 0 unspecified atom stereocenters. The zero-order valence-electron chi connectivity index (χ0n) is 7.54. The molecule has 0 aliphatic carbocycles. The number of hydrogen-bond acceptors (Lipinski definition) is 2. The van der Waals surface area contributed by atoms with Crippen LogP contribution in [0.15, 0.2) is 24.3 Å². The van der Waals surface area contributed by atoms with Crippen molar-refractivity contribution in [1.82, 2.24) is 10.2 Å². The lowest BCUT2D eigenvalue weighted by atomic mass is 10.1. The fourth-order valence-corrected chi connectivity index (χ4v) is 1.71. The molecule has 0 amide bonds. The van der Waals surface area contributed by atoms with Gasteiger partial charge < -0.3 is 5.32 Å². The predicted molar refractivity (Wildman–Crippen MR) is 56.9 cm³/mol. The molecule has 2 heterocycles. The van der Waals surface area contributed by atoms with E-state index in [1.54, 1.807) is 0 Å². The molecular formula is C11H9N3. The van der Waals surface area contributed by atoms with Crippen molar-refractivity contribution >= 4 is 18.5 Å². The van der Waals surface area contributed by atoms with Crippen molar-refractivity contribution in [3.05, 3.63) is 34.8 Å². The molecule has 1 aliphatic heterocycles. The number of nitrogens with zero attached hydrogens (tertiary/aromatic N) is 1. The van der Waals surface area contributed by atoms with Crippen molar-refractivity contribution in [3.63, 3.8) is 0 Å². The normalized spacial score (nSPS) is 12.3. The van der Waals surface area contributed by atoms with Gasteiger partial charge in [-0.2, -0.15) is 5.10 Å². The number of hydrogen-bond donors (Lipinski definition) is 2. The number of H-pyrrole nitrogens is 1. The Kier molecular flexibility index (Phi) is 1.31. The molecular weight excluding hydrogens is 174 g/mol. The highest BCUT2D eigenvalue weighted by Crippen LogP contribution is 2.25. The second-order valence-corrected chi connectivity index (χ2v) is 3.30. The van der Waals surface area contributed by atoms with Crippen LogP contribution in [0.4, 0.5) is 5.69 Å². The maximum absolute atomic E-state index is 4.24. The summed E-state index contributed by atoms with van der Waals surface area (Å²) in [7, 11) is 0. The lowest BCUT2D eigenvalue weighted by Crippen LogP contribution is -2.25. The van der Waals surface area contributed by atoms with Crippen LogP contribution in [0.3, 0.4) is 0 Å². The molecule has 0 radical (unpaired) electrons. The van der Waals surface area contributed by atoms with Crippen molar-refractivity contribution < 1.29 is 0 Å². The number of aromatic amines is 1. The van der Waals surface area contributed by atoms with E-state index in [0.717, 1.165) is 27.5 Å². The molecule has 0 atom stereocenters. The number of benzene rings is 1. The smallest absolute Gasteiger partial charge is 0.103 e. The summed E-state index contributed by atoms with van der Waals surface area (Å²) >= 11 is 0. The van der Waals surface area contributed by atoms with E-state index in [-0.39, 0.29) is 0 Å². The van der Waals surface area contributed by atoms with Crippen LogP contribution in [-0.2, 0) is 0 Å². The summed E-state index contributed by atoms with van der Waals surface area (Å²) in [5, 5.41) is 12.2. The fraction of sp³-hybridized carbons (Fsp3) is 0. The summed E-state index contributed by atoms with van der Waals surface area (Å²) in [5.74, 6) is 0. The zero-order valence-corrected chi connectivity index (χ0v) is 7.54. The Balaban J connectivity index is 2.43.